The molecule has 3 heteroatoms. The molecule has 0 N–H and O–H groups in total. The fourth-order valence-corrected chi connectivity index (χ4v) is 1.26. The summed E-state index contributed by atoms with van der Waals surface area (Å²) in [7, 11) is 0. The van der Waals surface area contributed by atoms with Crippen molar-refractivity contribution in [1.82, 2.24) is 4.98 Å². The monoisotopic (exact) mass is 193 g/mol. The molecular weight excluding hydrogens is 178 g/mol. The lowest BCUT2D eigenvalue weighted by molar-refractivity contribution is -0.130. The average Bonchev–Trinajstić information content (AvgIpc) is 2.26. The van der Waals surface area contributed by atoms with Crippen molar-refractivity contribution in [2.45, 2.75) is 26.4 Å². The van der Waals surface area contributed by atoms with Crippen LogP contribution in [0.3, 0.4) is 0 Å². The quantitative estimate of drug-likeness (QED) is 0.719. The Labute approximate surface area is 84.1 Å². The van der Waals surface area contributed by atoms with Gasteiger partial charge in [-0.25, -0.2) is 0 Å². The highest BCUT2D eigenvalue weighted by Crippen LogP contribution is 2.18. The number of aromatic nitrogens is 1. The Morgan fingerprint density at radius 1 is 1.57 bits per heavy atom. The molecule has 1 atom stereocenters. The highest BCUT2D eigenvalue weighted by molar-refractivity contribution is 5.83. The van der Waals surface area contributed by atoms with Gasteiger partial charge in [0.1, 0.15) is 6.10 Å². The van der Waals surface area contributed by atoms with Gasteiger partial charge in [0.25, 0.3) is 0 Å². The Morgan fingerprint density at radius 3 is 2.86 bits per heavy atom. The molecule has 0 bridgehead atoms. The van der Waals surface area contributed by atoms with Crippen LogP contribution < -0.4 is 0 Å². The molecule has 0 saturated carbocycles. The Bertz CT molecular complexity index is 285. The van der Waals surface area contributed by atoms with Crippen molar-refractivity contribution >= 4 is 5.78 Å². The zero-order valence-electron chi connectivity index (χ0n) is 8.56. The molecule has 76 valence electrons. The van der Waals surface area contributed by atoms with E-state index in [2.05, 4.69) is 4.98 Å². The van der Waals surface area contributed by atoms with Gasteiger partial charge in [0.2, 0.25) is 0 Å². The normalized spacial score (nSPS) is 12.4. The largest absolute Gasteiger partial charge is 0.366 e. The predicted octanol–water partition coefficient (Wildman–Crippen LogP) is 2.14. The third-order valence-corrected chi connectivity index (χ3v) is 1.96. The summed E-state index contributed by atoms with van der Waals surface area (Å²) in [6.07, 6.45) is 3.40. The van der Waals surface area contributed by atoms with E-state index in [-0.39, 0.29) is 5.78 Å². The number of carbonyl (C=O) groups is 1. The van der Waals surface area contributed by atoms with Crippen LogP contribution in [0.15, 0.2) is 24.5 Å². The van der Waals surface area contributed by atoms with Crippen LogP contribution in [0.1, 0.15) is 31.9 Å². The zero-order chi connectivity index (χ0) is 10.4. The third kappa shape index (κ3) is 2.64. The van der Waals surface area contributed by atoms with Crippen LogP contribution in [0, 0.1) is 0 Å². The molecule has 0 aromatic carbocycles. The highest BCUT2D eigenvalue weighted by Gasteiger charge is 2.18. The van der Waals surface area contributed by atoms with Gasteiger partial charge in [-0.05, 0) is 13.0 Å². The molecule has 1 aromatic rings. The van der Waals surface area contributed by atoms with Gasteiger partial charge in [-0.2, -0.15) is 0 Å². The molecule has 0 spiro atoms. The van der Waals surface area contributed by atoms with E-state index in [0.29, 0.717) is 13.0 Å². The number of rotatable bonds is 5. The first-order chi connectivity index (χ1) is 6.79. The molecule has 0 aliphatic heterocycles. The average molecular weight is 193 g/mol. The maximum atomic E-state index is 11.5. The molecule has 1 heterocycles. The van der Waals surface area contributed by atoms with Crippen molar-refractivity contribution in [2.75, 3.05) is 6.61 Å². The minimum Gasteiger partial charge on any atom is -0.366 e. The first kappa shape index (κ1) is 10.9. The second kappa shape index (κ2) is 5.50. The standard InChI is InChI=1S/C11H15NO2/c1-3-10(13)11(14-4-2)9-6-5-7-12-8-9/h5-8,11H,3-4H2,1-2H3. The molecule has 0 amide bonds. The molecule has 1 aromatic heterocycles. The van der Waals surface area contributed by atoms with E-state index < -0.39 is 6.10 Å². The van der Waals surface area contributed by atoms with Crippen LogP contribution in [0.4, 0.5) is 0 Å². The van der Waals surface area contributed by atoms with E-state index in [4.69, 9.17) is 4.74 Å². The fraction of sp³-hybridized carbons (Fsp3) is 0.455. The van der Waals surface area contributed by atoms with E-state index in [1.165, 1.54) is 0 Å². The Kier molecular flexibility index (Phi) is 4.26. The van der Waals surface area contributed by atoms with Crippen LogP contribution in [-0.2, 0) is 9.53 Å². The molecule has 0 aliphatic carbocycles. The fourth-order valence-electron chi connectivity index (χ4n) is 1.26. The van der Waals surface area contributed by atoms with E-state index >= 15 is 0 Å². The highest BCUT2D eigenvalue weighted by atomic mass is 16.5. The van der Waals surface area contributed by atoms with Crippen molar-refractivity contribution in [3.05, 3.63) is 30.1 Å². The second-order valence-corrected chi connectivity index (χ2v) is 2.94. The summed E-state index contributed by atoms with van der Waals surface area (Å²) in [5.41, 5.74) is 0.834. The van der Waals surface area contributed by atoms with E-state index in [0.717, 1.165) is 5.56 Å². The van der Waals surface area contributed by atoms with Gasteiger partial charge in [0.15, 0.2) is 5.78 Å². The van der Waals surface area contributed by atoms with Crippen molar-refractivity contribution in [1.29, 1.82) is 0 Å². The smallest absolute Gasteiger partial charge is 0.165 e. The van der Waals surface area contributed by atoms with Crippen LogP contribution >= 0.6 is 0 Å². The first-order valence-electron chi connectivity index (χ1n) is 4.83. The SMILES string of the molecule is CCOC(C(=O)CC)c1cccnc1. The van der Waals surface area contributed by atoms with E-state index in [1.54, 1.807) is 12.4 Å². The molecule has 0 radical (unpaired) electrons. The van der Waals surface area contributed by atoms with E-state index in [1.807, 2.05) is 26.0 Å². The van der Waals surface area contributed by atoms with Gasteiger partial charge in [-0.3, -0.25) is 9.78 Å². The zero-order valence-corrected chi connectivity index (χ0v) is 8.56. The predicted molar refractivity (Wildman–Crippen MR) is 53.9 cm³/mol. The van der Waals surface area contributed by atoms with Crippen LogP contribution in [0.5, 0.6) is 0 Å². The molecule has 0 aliphatic rings. The maximum absolute atomic E-state index is 11.5. The molecule has 3 nitrogen and oxygen atoms in total. The van der Waals surface area contributed by atoms with Crippen LogP contribution in [-0.4, -0.2) is 17.4 Å². The van der Waals surface area contributed by atoms with Gasteiger partial charge < -0.3 is 4.74 Å². The number of ether oxygens (including phenoxy) is 1. The molecule has 1 unspecified atom stereocenters. The number of nitrogens with zero attached hydrogens (tertiary/aromatic N) is 1. The number of hydrogen-bond donors (Lipinski definition) is 0. The number of carbonyl (C=O) groups excluding carboxylic acids is 1. The lowest BCUT2D eigenvalue weighted by Gasteiger charge is -2.14. The first-order valence-corrected chi connectivity index (χ1v) is 4.83. The summed E-state index contributed by atoms with van der Waals surface area (Å²) in [6.45, 7) is 4.25. The summed E-state index contributed by atoms with van der Waals surface area (Å²) >= 11 is 0. The number of hydrogen-bond acceptors (Lipinski definition) is 3. The molecular formula is C11H15NO2. The number of ketones is 1. The minimum absolute atomic E-state index is 0.0971. The summed E-state index contributed by atoms with van der Waals surface area (Å²) in [5, 5.41) is 0. The Balaban J connectivity index is 2.83. The summed E-state index contributed by atoms with van der Waals surface area (Å²) < 4.78 is 5.39. The summed E-state index contributed by atoms with van der Waals surface area (Å²) in [6, 6.07) is 3.67. The van der Waals surface area contributed by atoms with Gasteiger partial charge in [0.05, 0.1) is 0 Å². The van der Waals surface area contributed by atoms with Crippen molar-refractivity contribution in [3.8, 4) is 0 Å². The van der Waals surface area contributed by atoms with Crippen LogP contribution in [0.2, 0.25) is 0 Å². The summed E-state index contributed by atoms with van der Waals surface area (Å²) in [5.74, 6) is 0.0971. The molecule has 1 rings (SSSR count). The van der Waals surface area contributed by atoms with Gasteiger partial charge in [-0.1, -0.05) is 13.0 Å². The molecule has 0 saturated heterocycles. The van der Waals surface area contributed by atoms with Gasteiger partial charge in [-0.15, -0.1) is 0 Å². The maximum Gasteiger partial charge on any atom is 0.165 e. The number of pyridine rings is 1. The third-order valence-electron chi connectivity index (χ3n) is 1.96. The Hall–Kier alpha value is -1.22. The van der Waals surface area contributed by atoms with Crippen molar-refractivity contribution in [2.24, 2.45) is 0 Å². The van der Waals surface area contributed by atoms with Crippen molar-refractivity contribution < 1.29 is 9.53 Å². The minimum atomic E-state index is -0.446. The lowest BCUT2D eigenvalue weighted by atomic mass is 10.1. The summed E-state index contributed by atoms with van der Waals surface area (Å²) in [4.78, 5) is 15.5. The Morgan fingerprint density at radius 2 is 2.36 bits per heavy atom. The van der Waals surface area contributed by atoms with Gasteiger partial charge in [0, 0.05) is 31.0 Å². The number of Topliss-reactive ketones (excluding diaryl/α,β-unsaturated/α-hetero) is 1. The molecule has 14 heavy (non-hydrogen) atoms. The topological polar surface area (TPSA) is 39.2 Å². The second-order valence-electron chi connectivity index (χ2n) is 2.94. The van der Waals surface area contributed by atoms with Crippen molar-refractivity contribution in [3.63, 3.8) is 0 Å². The lowest BCUT2D eigenvalue weighted by Crippen LogP contribution is -2.15. The van der Waals surface area contributed by atoms with Crippen LogP contribution in [0.25, 0.3) is 0 Å². The molecule has 0 fully saturated rings. The van der Waals surface area contributed by atoms with E-state index in [9.17, 15) is 4.79 Å². The van der Waals surface area contributed by atoms with Gasteiger partial charge >= 0.3 is 0 Å².